The van der Waals surface area contributed by atoms with Crippen LogP contribution in [-0.4, -0.2) is 38.0 Å². The first-order chi connectivity index (χ1) is 17.8. The van der Waals surface area contributed by atoms with Gasteiger partial charge in [-0.05, 0) is 41.7 Å². The van der Waals surface area contributed by atoms with Crippen LogP contribution in [0.1, 0.15) is 49.7 Å². The molecule has 200 valence electrons. The van der Waals surface area contributed by atoms with Crippen LogP contribution in [0.3, 0.4) is 0 Å². The Kier molecular flexibility index (Phi) is 10.2. The molecule has 2 aromatic carbocycles. The largest absolute Gasteiger partial charge is 0.497 e. The molecular weight excluding hydrogens is 482 g/mol. The van der Waals surface area contributed by atoms with Gasteiger partial charge in [0.2, 0.25) is 5.91 Å². The Hall–Kier alpha value is -3.69. The van der Waals surface area contributed by atoms with Gasteiger partial charge in [0.15, 0.2) is 17.5 Å². The number of ether oxygens (including phenoxy) is 2. The molecule has 1 fully saturated rings. The van der Waals surface area contributed by atoms with Gasteiger partial charge in [-0.3, -0.25) is 9.59 Å². The highest BCUT2D eigenvalue weighted by Crippen LogP contribution is 2.27. The summed E-state index contributed by atoms with van der Waals surface area (Å²) >= 11 is 0. The van der Waals surface area contributed by atoms with Crippen molar-refractivity contribution in [2.24, 2.45) is 16.6 Å². The fourth-order valence-electron chi connectivity index (χ4n) is 4.46. The standard InChI is InChI=1S/C27H34F2N4O4/c1-36-20-10-9-19(22(29)15-20)14-25(34)33-27(30)32-23(12-17-6-4-3-5-7-17)26(35)31-16-18-8-11-21(28)24(13-18)37-2/h8-11,13,15,17,23H,3-7,12,14,16H2,1-2H3,(H,31,35)(H3,30,32,33,34). The number of carbonyl (C=O) groups is 2. The van der Waals surface area contributed by atoms with Gasteiger partial charge < -0.3 is 25.8 Å². The van der Waals surface area contributed by atoms with Crippen molar-refractivity contribution in [3.8, 4) is 11.5 Å². The minimum absolute atomic E-state index is 0.0896. The number of nitrogens with two attached hydrogens (primary N) is 1. The highest BCUT2D eigenvalue weighted by molar-refractivity contribution is 5.95. The Bertz CT molecular complexity index is 1120. The van der Waals surface area contributed by atoms with Crippen LogP contribution in [0.2, 0.25) is 0 Å². The Labute approximate surface area is 215 Å². The summed E-state index contributed by atoms with van der Waals surface area (Å²) < 4.78 is 37.9. The van der Waals surface area contributed by atoms with Crippen LogP contribution < -0.4 is 25.8 Å². The summed E-state index contributed by atoms with van der Waals surface area (Å²) in [4.78, 5) is 29.3. The van der Waals surface area contributed by atoms with Crippen molar-refractivity contribution in [1.29, 1.82) is 0 Å². The molecule has 0 heterocycles. The number of guanidine groups is 1. The predicted octanol–water partition coefficient (Wildman–Crippen LogP) is 3.61. The molecule has 0 radical (unpaired) electrons. The lowest BCUT2D eigenvalue weighted by Crippen LogP contribution is -2.50. The highest BCUT2D eigenvalue weighted by atomic mass is 19.1. The van der Waals surface area contributed by atoms with E-state index in [4.69, 9.17) is 15.2 Å². The van der Waals surface area contributed by atoms with Crippen LogP contribution >= 0.6 is 0 Å². The second-order valence-electron chi connectivity index (χ2n) is 9.15. The molecule has 1 aliphatic rings. The maximum atomic E-state index is 14.2. The summed E-state index contributed by atoms with van der Waals surface area (Å²) in [6.07, 6.45) is 5.63. The maximum absolute atomic E-state index is 14.2. The fourth-order valence-corrected chi connectivity index (χ4v) is 4.46. The predicted molar refractivity (Wildman–Crippen MR) is 136 cm³/mol. The number of benzene rings is 2. The summed E-state index contributed by atoms with van der Waals surface area (Å²) in [5, 5.41) is 5.72. The van der Waals surface area contributed by atoms with Crippen LogP contribution in [0.25, 0.3) is 0 Å². The molecule has 10 heteroatoms. The third kappa shape index (κ3) is 8.44. The summed E-state index contributed by atoms with van der Waals surface area (Å²) in [5.74, 6) is -1.48. The van der Waals surface area contributed by atoms with Gasteiger partial charge in [0.1, 0.15) is 17.6 Å². The lowest BCUT2D eigenvalue weighted by molar-refractivity contribution is -0.123. The number of hydrogen-bond acceptors (Lipinski definition) is 4. The molecule has 0 aliphatic heterocycles. The van der Waals surface area contributed by atoms with Gasteiger partial charge in [-0.15, -0.1) is 0 Å². The molecule has 0 saturated heterocycles. The van der Waals surface area contributed by atoms with E-state index in [9.17, 15) is 18.4 Å². The van der Waals surface area contributed by atoms with E-state index in [-0.39, 0.29) is 36.1 Å². The Morgan fingerprint density at radius 1 is 1.05 bits per heavy atom. The monoisotopic (exact) mass is 516 g/mol. The van der Waals surface area contributed by atoms with Gasteiger partial charge in [0.25, 0.3) is 5.91 Å². The minimum atomic E-state index is -0.722. The van der Waals surface area contributed by atoms with Crippen LogP contribution in [0.4, 0.5) is 8.78 Å². The average molecular weight is 517 g/mol. The number of aliphatic imine (C=N–C) groups is 1. The van der Waals surface area contributed by atoms with Crippen molar-refractivity contribution in [1.82, 2.24) is 10.6 Å². The van der Waals surface area contributed by atoms with Gasteiger partial charge in [-0.2, -0.15) is 4.99 Å². The summed E-state index contributed by atoms with van der Waals surface area (Å²) in [6.45, 7) is 0.158. The number of halogens is 2. The molecule has 2 aromatic rings. The Morgan fingerprint density at radius 2 is 1.81 bits per heavy atom. The number of amides is 2. The first-order valence-corrected chi connectivity index (χ1v) is 12.3. The molecule has 4 N–H and O–H groups in total. The average Bonchev–Trinajstić information content (AvgIpc) is 2.89. The number of nitrogens with zero attached hydrogens (tertiary/aromatic N) is 1. The second kappa shape index (κ2) is 13.6. The molecule has 0 bridgehead atoms. The van der Waals surface area contributed by atoms with Crippen LogP contribution in [0.5, 0.6) is 11.5 Å². The molecule has 0 aromatic heterocycles. The number of rotatable bonds is 10. The van der Waals surface area contributed by atoms with Gasteiger partial charge >= 0.3 is 0 Å². The van der Waals surface area contributed by atoms with E-state index in [1.165, 1.54) is 44.9 Å². The lowest BCUT2D eigenvalue weighted by atomic mass is 9.84. The van der Waals surface area contributed by atoms with Crippen molar-refractivity contribution >= 4 is 17.8 Å². The number of hydrogen-bond donors (Lipinski definition) is 3. The quantitative estimate of drug-likeness (QED) is 0.328. The third-order valence-electron chi connectivity index (χ3n) is 6.46. The normalized spacial score (nSPS) is 15.1. The third-order valence-corrected chi connectivity index (χ3v) is 6.46. The molecule has 2 amide bonds. The lowest BCUT2D eigenvalue weighted by Gasteiger charge is -2.27. The van der Waals surface area contributed by atoms with E-state index in [1.807, 2.05) is 0 Å². The van der Waals surface area contributed by atoms with E-state index in [0.717, 1.165) is 25.7 Å². The van der Waals surface area contributed by atoms with Gasteiger partial charge in [-0.25, -0.2) is 8.78 Å². The van der Waals surface area contributed by atoms with Crippen molar-refractivity contribution in [3.05, 3.63) is 59.2 Å². The highest BCUT2D eigenvalue weighted by Gasteiger charge is 2.25. The van der Waals surface area contributed by atoms with E-state index in [1.54, 1.807) is 12.1 Å². The molecule has 1 atom stereocenters. The van der Waals surface area contributed by atoms with Gasteiger partial charge in [0, 0.05) is 12.6 Å². The molecule has 8 nitrogen and oxygen atoms in total. The maximum Gasteiger partial charge on any atom is 0.253 e. The van der Waals surface area contributed by atoms with Crippen LogP contribution in [0, 0.1) is 17.6 Å². The molecule has 37 heavy (non-hydrogen) atoms. The molecule has 0 spiro atoms. The fraction of sp³-hybridized carbons (Fsp3) is 0.444. The van der Waals surface area contributed by atoms with Gasteiger partial charge in [0.05, 0.1) is 20.6 Å². The van der Waals surface area contributed by atoms with E-state index in [2.05, 4.69) is 15.6 Å². The van der Waals surface area contributed by atoms with Crippen LogP contribution in [0.15, 0.2) is 41.4 Å². The van der Waals surface area contributed by atoms with Crippen molar-refractivity contribution in [2.45, 2.75) is 57.5 Å². The SMILES string of the molecule is COc1ccc(CC(=O)N=C(N)NC(CC2CCCCC2)C(=O)NCc2ccc(F)c(OC)c2)c(F)c1. The second-order valence-corrected chi connectivity index (χ2v) is 9.15. The van der Waals surface area contributed by atoms with E-state index < -0.39 is 23.6 Å². The van der Waals surface area contributed by atoms with Crippen molar-refractivity contribution in [2.75, 3.05) is 14.2 Å². The minimum Gasteiger partial charge on any atom is -0.497 e. The Morgan fingerprint density at radius 3 is 2.49 bits per heavy atom. The van der Waals surface area contributed by atoms with Gasteiger partial charge in [-0.1, -0.05) is 44.2 Å². The number of nitrogens with one attached hydrogen (secondary N) is 2. The summed E-state index contributed by atoms with van der Waals surface area (Å²) in [6, 6.07) is 7.84. The zero-order valence-corrected chi connectivity index (χ0v) is 21.2. The molecule has 1 saturated carbocycles. The van der Waals surface area contributed by atoms with E-state index >= 15 is 0 Å². The Balaban J connectivity index is 1.66. The number of methoxy groups -OCH3 is 2. The smallest absolute Gasteiger partial charge is 0.253 e. The van der Waals surface area contributed by atoms with Crippen LogP contribution in [-0.2, 0) is 22.6 Å². The summed E-state index contributed by atoms with van der Waals surface area (Å²) in [7, 11) is 2.80. The number of carbonyl (C=O) groups excluding carboxylic acids is 2. The molecule has 1 unspecified atom stereocenters. The molecule has 3 rings (SSSR count). The molecule has 1 aliphatic carbocycles. The van der Waals surface area contributed by atoms with Crippen molar-refractivity contribution in [3.63, 3.8) is 0 Å². The first kappa shape index (κ1) is 27.9. The summed E-state index contributed by atoms with van der Waals surface area (Å²) in [5.41, 5.74) is 6.81. The topological polar surface area (TPSA) is 115 Å². The molecular formula is C27H34F2N4O4. The van der Waals surface area contributed by atoms with E-state index in [0.29, 0.717) is 23.7 Å². The zero-order valence-electron chi connectivity index (χ0n) is 21.2. The zero-order chi connectivity index (χ0) is 26.8. The first-order valence-electron chi connectivity index (χ1n) is 12.3. The van der Waals surface area contributed by atoms with Crippen molar-refractivity contribution < 1.29 is 27.8 Å².